The van der Waals surface area contributed by atoms with E-state index in [1.807, 2.05) is 0 Å². The summed E-state index contributed by atoms with van der Waals surface area (Å²) in [6.07, 6.45) is -1.56. The van der Waals surface area contributed by atoms with Crippen LogP contribution in [-0.4, -0.2) is 35.1 Å². The molecule has 1 rings (SSSR count). The number of hydrogen-bond donors (Lipinski definition) is 2. The zero-order valence-electron chi connectivity index (χ0n) is 4.74. The zero-order chi connectivity index (χ0) is 6.15. The van der Waals surface area contributed by atoms with Crippen molar-refractivity contribution in [3.05, 3.63) is 0 Å². The lowest BCUT2D eigenvalue weighted by Crippen LogP contribution is -2.27. The Morgan fingerprint density at radius 3 is 2.25 bits per heavy atom. The summed E-state index contributed by atoms with van der Waals surface area (Å²) in [4.78, 5) is 0. The summed E-state index contributed by atoms with van der Waals surface area (Å²) in [6.45, 7) is 2.00. The van der Waals surface area contributed by atoms with Crippen LogP contribution in [0.4, 0.5) is 0 Å². The fourth-order valence-electron chi connectivity index (χ4n) is 0.760. The topological polar surface area (TPSA) is 49.7 Å². The van der Waals surface area contributed by atoms with Crippen LogP contribution in [0.15, 0.2) is 0 Å². The highest BCUT2D eigenvalue weighted by Crippen LogP contribution is 2.12. The van der Waals surface area contributed by atoms with Crippen molar-refractivity contribution in [1.82, 2.24) is 0 Å². The van der Waals surface area contributed by atoms with Gasteiger partial charge in [0.2, 0.25) is 0 Å². The van der Waals surface area contributed by atoms with Crippen molar-refractivity contribution in [1.29, 1.82) is 0 Å². The first kappa shape index (κ1) is 6.01. The van der Waals surface area contributed by atoms with E-state index in [0.29, 0.717) is 0 Å². The lowest BCUT2D eigenvalue weighted by atomic mass is 10.2. The molecule has 1 fully saturated rings. The van der Waals surface area contributed by atoms with Crippen LogP contribution in [0.3, 0.4) is 0 Å². The molecule has 0 aliphatic carbocycles. The molecule has 3 nitrogen and oxygen atoms in total. The first-order chi connectivity index (χ1) is 3.72. The maximum Gasteiger partial charge on any atom is 0.108 e. The molecule has 0 aromatic heterocycles. The van der Waals surface area contributed by atoms with E-state index in [9.17, 15) is 0 Å². The second-order valence-corrected chi connectivity index (χ2v) is 2.10. The van der Waals surface area contributed by atoms with Crippen LogP contribution in [0, 0.1) is 0 Å². The first-order valence-corrected chi connectivity index (χ1v) is 2.69. The lowest BCUT2D eigenvalue weighted by Gasteiger charge is -2.07. The summed E-state index contributed by atoms with van der Waals surface area (Å²) in [7, 11) is 0. The molecule has 0 bridgehead atoms. The van der Waals surface area contributed by atoms with Crippen molar-refractivity contribution >= 4 is 0 Å². The third-order valence-electron chi connectivity index (χ3n) is 1.41. The van der Waals surface area contributed by atoms with Crippen molar-refractivity contribution in [3.63, 3.8) is 0 Å². The molecular weight excluding hydrogens is 108 g/mol. The van der Waals surface area contributed by atoms with E-state index >= 15 is 0 Å². The van der Waals surface area contributed by atoms with Crippen LogP contribution in [0.2, 0.25) is 0 Å². The Kier molecular flexibility index (Phi) is 1.51. The number of ether oxygens (including phenoxy) is 1. The lowest BCUT2D eigenvalue weighted by molar-refractivity contribution is 0.0318. The van der Waals surface area contributed by atoms with E-state index in [-0.39, 0.29) is 12.7 Å². The normalized spacial score (nSPS) is 47.6. The van der Waals surface area contributed by atoms with Gasteiger partial charge in [-0.05, 0) is 6.92 Å². The molecule has 3 atom stereocenters. The van der Waals surface area contributed by atoms with Crippen molar-refractivity contribution in [3.8, 4) is 0 Å². The van der Waals surface area contributed by atoms with Crippen molar-refractivity contribution in [2.45, 2.75) is 25.2 Å². The van der Waals surface area contributed by atoms with Crippen LogP contribution < -0.4 is 0 Å². The molecular formula is C5H10O3. The number of aliphatic hydroxyl groups excluding tert-OH is 2. The summed E-state index contributed by atoms with van der Waals surface area (Å²) in [5, 5.41) is 17.7. The Labute approximate surface area is 47.9 Å². The van der Waals surface area contributed by atoms with Gasteiger partial charge in [0.25, 0.3) is 0 Å². The first-order valence-electron chi connectivity index (χ1n) is 2.69. The summed E-state index contributed by atoms with van der Waals surface area (Å²) in [5.41, 5.74) is 0. The molecule has 0 radical (unpaired) electrons. The van der Waals surface area contributed by atoms with Gasteiger partial charge in [-0.1, -0.05) is 0 Å². The smallest absolute Gasteiger partial charge is 0.108 e. The number of hydrogen-bond acceptors (Lipinski definition) is 3. The molecule has 1 aliphatic rings. The van der Waals surface area contributed by atoms with E-state index in [2.05, 4.69) is 0 Å². The maximum absolute atomic E-state index is 8.89. The van der Waals surface area contributed by atoms with Crippen LogP contribution in [0.1, 0.15) is 6.92 Å². The number of aliphatic hydroxyl groups is 2. The summed E-state index contributed by atoms with van der Waals surface area (Å²) in [5.74, 6) is 0. The minimum atomic E-state index is -0.685. The third-order valence-corrected chi connectivity index (χ3v) is 1.41. The standard InChI is InChI=1S/C5H10O3/c1-3-5(7)4(6)2-8-3/h3-7H,2H2,1H3/t3?,4?,5-/m0/s1. The molecule has 2 unspecified atom stereocenters. The van der Waals surface area contributed by atoms with E-state index < -0.39 is 12.2 Å². The van der Waals surface area contributed by atoms with E-state index in [0.717, 1.165) is 0 Å². The fourth-order valence-corrected chi connectivity index (χ4v) is 0.760. The van der Waals surface area contributed by atoms with E-state index in [1.54, 1.807) is 6.92 Å². The van der Waals surface area contributed by atoms with Crippen molar-refractivity contribution in [2.75, 3.05) is 6.61 Å². The monoisotopic (exact) mass is 118 g/mol. The summed E-state index contributed by atoms with van der Waals surface area (Å²) >= 11 is 0. The van der Waals surface area contributed by atoms with Crippen molar-refractivity contribution < 1.29 is 14.9 Å². The molecule has 0 aromatic carbocycles. The molecule has 0 saturated carbocycles. The van der Waals surface area contributed by atoms with Crippen LogP contribution in [0.25, 0.3) is 0 Å². The predicted molar refractivity (Wildman–Crippen MR) is 27.4 cm³/mol. The largest absolute Gasteiger partial charge is 0.388 e. The molecule has 0 aromatic rings. The van der Waals surface area contributed by atoms with Crippen LogP contribution >= 0.6 is 0 Å². The molecule has 1 heterocycles. The molecule has 2 N–H and O–H groups in total. The Balaban J connectivity index is 2.44. The van der Waals surface area contributed by atoms with E-state index in [1.165, 1.54) is 0 Å². The van der Waals surface area contributed by atoms with Gasteiger partial charge in [-0.25, -0.2) is 0 Å². The Bertz CT molecular complexity index is 73.7. The Hall–Kier alpha value is -0.120. The predicted octanol–water partition coefficient (Wildman–Crippen LogP) is -0.873. The molecule has 48 valence electrons. The van der Waals surface area contributed by atoms with Gasteiger partial charge in [0, 0.05) is 0 Å². The van der Waals surface area contributed by atoms with Gasteiger partial charge in [0.1, 0.15) is 12.2 Å². The third kappa shape index (κ3) is 0.844. The average molecular weight is 118 g/mol. The van der Waals surface area contributed by atoms with Gasteiger partial charge < -0.3 is 14.9 Å². The van der Waals surface area contributed by atoms with Gasteiger partial charge >= 0.3 is 0 Å². The highest BCUT2D eigenvalue weighted by atomic mass is 16.5. The average Bonchev–Trinajstić information content (AvgIpc) is 1.98. The number of rotatable bonds is 0. The maximum atomic E-state index is 8.89. The highest BCUT2D eigenvalue weighted by molar-refractivity contribution is 4.79. The van der Waals surface area contributed by atoms with E-state index in [4.69, 9.17) is 14.9 Å². The minimum absolute atomic E-state index is 0.204. The Morgan fingerprint density at radius 1 is 1.50 bits per heavy atom. The van der Waals surface area contributed by atoms with Gasteiger partial charge in [0.05, 0.1) is 12.7 Å². The van der Waals surface area contributed by atoms with Gasteiger partial charge in [0.15, 0.2) is 0 Å². The molecule has 1 aliphatic heterocycles. The Morgan fingerprint density at radius 2 is 2.12 bits per heavy atom. The molecule has 3 heteroatoms. The molecule has 1 saturated heterocycles. The summed E-state index contributed by atoms with van der Waals surface area (Å²) < 4.78 is 4.88. The van der Waals surface area contributed by atoms with Crippen molar-refractivity contribution in [2.24, 2.45) is 0 Å². The molecule has 0 amide bonds. The second-order valence-electron chi connectivity index (χ2n) is 2.10. The van der Waals surface area contributed by atoms with Gasteiger partial charge in [-0.3, -0.25) is 0 Å². The zero-order valence-corrected chi connectivity index (χ0v) is 4.74. The highest BCUT2D eigenvalue weighted by Gasteiger charge is 2.30. The van der Waals surface area contributed by atoms with Crippen LogP contribution in [-0.2, 0) is 4.74 Å². The van der Waals surface area contributed by atoms with Crippen LogP contribution in [0.5, 0.6) is 0 Å². The molecule has 0 spiro atoms. The quantitative estimate of drug-likeness (QED) is 0.434. The summed E-state index contributed by atoms with van der Waals surface area (Å²) in [6, 6.07) is 0. The fraction of sp³-hybridized carbons (Fsp3) is 1.00. The minimum Gasteiger partial charge on any atom is -0.388 e. The SMILES string of the molecule is CC1OCC(O)[C@H]1O. The molecule has 8 heavy (non-hydrogen) atoms. The van der Waals surface area contributed by atoms with Gasteiger partial charge in [-0.2, -0.15) is 0 Å². The second kappa shape index (κ2) is 2.01. The van der Waals surface area contributed by atoms with Gasteiger partial charge in [-0.15, -0.1) is 0 Å².